The maximum absolute atomic E-state index is 5.79. The van der Waals surface area contributed by atoms with Gasteiger partial charge in [-0.05, 0) is 18.7 Å². The first kappa shape index (κ1) is 9.14. The molecule has 0 aliphatic carbocycles. The van der Waals surface area contributed by atoms with Crippen LogP contribution in [0.1, 0.15) is 5.56 Å². The summed E-state index contributed by atoms with van der Waals surface area (Å²) in [4.78, 5) is 0. The Morgan fingerprint density at radius 1 is 1.15 bits per heavy atom. The minimum absolute atomic E-state index is 1.01. The molecule has 1 aliphatic rings. The van der Waals surface area contributed by atoms with Gasteiger partial charge in [0.1, 0.15) is 0 Å². The van der Waals surface area contributed by atoms with Crippen molar-refractivity contribution in [1.82, 2.24) is 0 Å². The lowest BCUT2D eigenvalue weighted by molar-refractivity contribution is 0.257. The van der Waals surface area contributed by atoms with Gasteiger partial charge in [0.25, 0.3) is 0 Å². The molecule has 1 fully saturated rings. The molecule has 1 aliphatic heterocycles. The van der Waals surface area contributed by atoms with Gasteiger partial charge in [0, 0.05) is 6.04 Å². The Balaban J connectivity index is 1.88. The van der Waals surface area contributed by atoms with Crippen molar-refractivity contribution in [2.75, 3.05) is 0 Å². The fourth-order valence-electron chi connectivity index (χ4n) is 1.53. The molecule has 0 spiro atoms. The van der Waals surface area contributed by atoms with E-state index >= 15 is 0 Å². The zero-order chi connectivity index (χ0) is 9.31. The van der Waals surface area contributed by atoms with Crippen LogP contribution in [0.15, 0.2) is 30.3 Å². The van der Waals surface area contributed by atoms with E-state index in [1.807, 2.05) is 6.07 Å². The first-order chi connectivity index (χ1) is 6.16. The molecule has 2 nitrogen and oxygen atoms in total. The average molecular weight is 210 g/mol. The van der Waals surface area contributed by atoms with Crippen molar-refractivity contribution in [2.24, 2.45) is 0 Å². The smallest absolute Gasteiger partial charge is 0.313 e. The Morgan fingerprint density at radius 2 is 1.77 bits per heavy atom. The maximum atomic E-state index is 5.79. The summed E-state index contributed by atoms with van der Waals surface area (Å²) in [5.74, 6) is 0. The van der Waals surface area contributed by atoms with E-state index < -0.39 is 17.8 Å². The summed E-state index contributed by atoms with van der Waals surface area (Å²) in [7, 11) is -2.90. The summed E-state index contributed by atoms with van der Waals surface area (Å²) >= 11 is 0. The highest BCUT2D eigenvalue weighted by molar-refractivity contribution is 6.84. The fraction of sp³-hybridized carbons (Fsp3) is 0.333. The molecule has 1 aromatic rings. The molecule has 0 atom stereocenters. The van der Waals surface area contributed by atoms with E-state index in [1.165, 1.54) is 5.56 Å². The van der Waals surface area contributed by atoms with Gasteiger partial charge in [0.15, 0.2) is 0 Å². The average Bonchev–Trinajstić information content (AvgIpc) is 2.03. The Hall–Kier alpha value is -0.426. The van der Waals surface area contributed by atoms with E-state index in [9.17, 15) is 0 Å². The molecule has 0 N–H and O–H groups in total. The Kier molecular flexibility index (Phi) is 2.37. The topological polar surface area (TPSA) is 18.5 Å². The van der Waals surface area contributed by atoms with Gasteiger partial charge in [0.2, 0.25) is 0 Å². The molecule has 4 heteroatoms. The molecule has 0 saturated carbocycles. The zero-order valence-electron chi connectivity index (χ0n) is 7.99. The van der Waals surface area contributed by atoms with Crippen molar-refractivity contribution in [2.45, 2.75) is 19.1 Å². The predicted molar refractivity (Wildman–Crippen MR) is 56.9 cm³/mol. The highest BCUT2D eigenvalue weighted by atomic mass is 28.5. The minimum atomic E-state index is -1.61. The molecule has 2 rings (SSSR count). The van der Waals surface area contributed by atoms with Gasteiger partial charge in [-0.3, -0.25) is 0 Å². The summed E-state index contributed by atoms with van der Waals surface area (Å²) in [6.45, 7) is 4.20. The van der Waals surface area contributed by atoms with Crippen molar-refractivity contribution in [1.29, 1.82) is 0 Å². The van der Waals surface area contributed by atoms with E-state index in [0.717, 1.165) is 6.04 Å². The van der Waals surface area contributed by atoms with Crippen LogP contribution in [0.5, 0.6) is 0 Å². The molecule has 0 bridgehead atoms. The third-order valence-corrected chi connectivity index (χ3v) is 9.52. The Morgan fingerprint density at radius 3 is 2.31 bits per heavy atom. The summed E-state index contributed by atoms with van der Waals surface area (Å²) in [5, 5.41) is 0. The van der Waals surface area contributed by atoms with Crippen LogP contribution in [-0.4, -0.2) is 17.8 Å². The van der Waals surface area contributed by atoms with Gasteiger partial charge < -0.3 is 8.23 Å². The molecule has 0 unspecified atom stereocenters. The monoisotopic (exact) mass is 210 g/mol. The van der Waals surface area contributed by atoms with Gasteiger partial charge in [0.05, 0.1) is 0 Å². The largest absolute Gasteiger partial charge is 0.418 e. The Bertz CT molecular complexity index is 279. The van der Waals surface area contributed by atoms with E-state index in [4.69, 9.17) is 8.23 Å². The van der Waals surface area contributed by atoms with Crippen LogP contribution in [0.4, 0.5) is 0 Å². The summed E-state index contributed by atoms with van der Waals surface area (Å²) in [6.07, 6.45) is 0. The second-order valence-electron chi connectivity index (χ2n) is 3.75. The molecular weight excluding hydrogens is 196 g/mol. The molecule has 0 radical (unpaired) electrons. The molecule has 13 heavy (non-hydrogen) atoms. The second-order valence-corrected chi connectivity index (χ2v) is 9.71. The van der Waals surface area contributed by atoms with Gasteiger partial charge >= 0.3 is 17.8 Å². The van der Waals surface area contributed by atoms with Crippen LogP contribution >= 0.6 is 0 Å². The van der Waals surface area contributed by atoms with Crippen LogP contribution in [0.25, 0.3) is 0 Å². The summed E-state index contributed by atoms with van der Waals surface area (Å²) in [6, 6.07) is 11.4. The number of hydrogen-bond acceptors (Lipinski definition) is 2. The molecular formula is C9H14O2Si2. The number of benzene rings is 1. The predicted octanol–water partition coefficient (Wildman–Crippen LogP) is 1.74. The van der Waals surface area contributed by atoms with E-state index in [0.29, 0.717) is 0 Å². The van der Waals surface area contributed by atoms with Gasteiger partial charge in [-0.2, -0.15) is 0 Å². The summed E-state index contributed by atoms with van der Waals surface area (Å²) < 4.78 is 11.6. The van der Waals surface area contributed by atoms with Crippen molar-refractivity contribution in [3.05, 3.63) is 35.9 Å². The van der Waals surface area contributed by atoms with Gasteiger partial charge in [-0.1, -0.05) is 30.3 Å². The van der Waals surface area contributed by atoms with Crippen LogP contribution in [0.3, 0.4) is 0 Å². The minimum Gasteiger partial charge on any atom is -0.418 e. The second kappa shape index (κ2) is 3.38. The fourth-order valence-corrected chi connectivity index (χ4v) is 7.99. The lowest BCUT2D eigenvalue weighted by Crippen LogP contribution is -2.58. The van der Waals surface area contributed by atoms with Crippen molar-refractivity contribution in [3.8, 4) is 0 Å². The number of hydrogen-bond donors (Lipinski definition) is 0. The van der Waals surface area contributed by atoms with Crippen LogP contribution < -0.4 is 0 Å². The zero-order valence-corrected chi connectivity index (χ0v) is 10.1. The van der Waals surface area contributed by atoms with Crippen LogP contribution in [0, 0.1) is 0 Å². The molecule has 1 saturated heterocycles. The third kappa shape index (κ3) is 2.28. The Labute approximate surface area is 81.6 Å². The molecule has 1 aromatic carbocycles. The first-order valence-electron chi connectivity index (χ1n) is 4.55. The van der Waals surface area contributed by atoms with E-state index in [2.05, 4.69) is 37.4 Å². The first-order valence-corrected chi connectivity index (χ1v) is 9.13. The normalized spacial score (nSPS) is 21.1. The quantitative estimate of drug-likeness (QED) is 0.692. The van der Waals surface area contributed by atoms with Crippen molar-refractivity contribution in [3.63, 3.8) is 0 Å². The van der Waals surface area contributed by atoms with Crippen molar-refractivity contribution >= 4 is 17.8 Å². The van der Waals surface area contributed by atoms with Gasteiger partial charge in [-0.15, -0.1) is 0 Å². The standard InChI is InChI=1S/C9H14O2Si2/c1-13(2)10-12(11-13)8-9-6-4-3-5-7-9/h3-7,12H,8H2,1-2H3. The lowest BCUT2D eigenvalue weighted by atomic mass is 10.2. The van der Waals surface area contributed by atoms with E-state index in [1.54, 1.807) is 0 Å². The van der Waals surface area contributed by atoms with Gasteiger partial charge in [-0.25, -0.2) is 0 Å². The SMILES string of the molecule is C[Si]1(C)O[SiH](Cc2ccccc2)O1. The van der Waals surface area contributed by atoms with Crippen LogP contribution in [-0.2, 0) is 14.3 Å². The van der Waals surface area contributed by atoms with Crippen molar-refractivity contribution < 1.29 is 8.23 Å². The lowest BCUT2D eigenvalue weighted by Gasteiger charge is -2.40. The summed E-state index contributed by atoms with van der Waals surface area (Å²) in [5.41, 5.74) is 1.34. The van der Waals surface area contributed by atoms with E-state index in [-0.39, 0.29) is 0 Å². The molecule has 70 valence electrons. The third-order valence-electron chi connectivity index (χ3n) is 2.08. The molecule has 1 heterocycles. The highest BCUT2D eigenvalue weighted by Crippen LogP contribution is 2.23. The number of rotatable bonds is 2. The maximum Gasteiger partial charge on any atom is 0.313 e. The van der Waals surface area contributed by atoms with Crippen LogP contribution in [0.2, 0.25) is 13.1 Å². The highest BCUT2D eigenvalue weighted by Gasteiger charge is 2.42. The molecule has 0 aromatic heterocycles. The molecule has 0 amide bonds.